The summed E-state index contributed by atoms with van der Waals surface area (Å²) in [5.41, 5.74) is 1.17. The minimum atomic E-state index is -0.0768. The fourth-order valence-corrected chi connectivity index (χ4v) is 2.80. The minimum absolute atomic E-state index is 0.0768. The lowest BCUT2D eigenvalue weighted by atomic mass is 10.2. The van der Waals surface area contributed by atoms with Gasteiger partial charge in [-0.1, -0.05) is 17.8 Å². The molecule has 96 valence electrons. The average Bonchev–Trinajstić information content (AvgIpc) is 2.92. The molecule has 0 bridgehead atoms. The summed E-state index contributed by atoms with van der Waals surface area (Å²) in [5, 5.41) is 11.5. The van der Waals surface area contributed by atoms with Crippen molar-refractivity contribution in [2.24, 2.45) is 0 Å². The van der Waals surface area contributed by atoms with E-state index in [1.165, 1.54) is 29.6 Å². The molecule has 1 aromatic carbocycles. The average molecular weight is 290 g/mol. The number of anilines is 1. The van der Waals surface area contributed by atoms with E-state index < -0.39 is 0 Å². The predicted molar refractivity (Wildman–Crippen MR) is 75.0 cm³/mol. The summed E-state index contributed by atoms with van der Waals surface area (Å²) >= 11 is 2.82. The third-order valence-corrected chi connectivity index (χ3v) is 3.97. The molecular weight excluding hydrogens is 280 g/mol. The summed E-state index contributed by atoms with van der Waals surface area (Å²) in [6.07, 6.45) is 1.89. The van der Waals surface area contributed by atoms with Crippen molar-refractivity contribution < 1.29 is 4.79 Å². The lowest BCUT2D eigenvalue weighted by Gasteiger charge is -2.04. The zero-order valence-electron chi connectivity index (χ0n) is 9.87. The number of aromatic nitrogens is 2. The number of amides is 1. The Morgan fingerprint density at radius 1 is 1.53 bits per heavy atom. The zero-order valence-corrected chi connectivity index (χ0v) is 11.5. The molecule has 0 atom stereocenters. The van der Waals surface area contributed by atoms with Gasteiger partial charge in [-0.15, -0.1) is 0 Å². The number of thioether (sulfide) groups is 1. The number of hydrogen-bond acceptors (Lipinski definition) is 6. The third kappa shape index (κ3) is 4.35. The lowest BCUT2D eigenvalue weighted by molar-refractivity contribution is -0.115. The molecule has 2 aromatic rings. The standard InChI is InChI=1S/C12H10N4OS2/c13-7-9-2-1-3-10(6-9)16-11(17)4-5-18-12-14-8-15-19-12/h1-3,6,8H,4-5H2,(H,16,17). The van der Waals surface area contributed by atoms with Gasteiger partial charge in [0.25, 0.3) is 0 Å². The molecule has 0 unspecified atom stereocenters. The number of benzene rings is 1. The molecular formula is C12H10N4OS2. The summed E-state index contributed by atoms with van der Waals surface area (Å²) in [5.74, 6) is 0.575. The molecule has 1 N–H and O–H groups in total. The number of carbonyl (C=O) groups is 1. The van der Waals surface area contributed by atoms with Crippen LogP contribution in [0.5, 0.6) is 0 Å². The summed E-state index contributed by atoms with van der Waals surface area (Å²) in [6.45, 7) is 0. The molecule has 2 rings (SSSR count). The number of nitriles is 1. The van der Waals surface area contributed by atoms with Gasteiger partial charge in [0.05, 0.1) is 11.6 Å². The Balaban J connectivity index is 1.79. The fraction of sp³-hybridized carbons (Fsp3) is 0.167. The first-order valence-electron chi connectivity index (χ1n) is 5.47. The van der Waals surface area contributed by atoms with Crippen LogP contribution in [-0.4, -0.2) is 21.0 Å². The van der Waals surface area contributed by atoms with E-state index in [9.17, 15) is 4.79 Å². The summed E-state index contributed by atoms with van der Waals surface area (Å²) in [4.78, 5) is 15.7. The maximum absolute atomic E-state index is 11.7. The molecule has 7 heteroatoms. The number of nitrogens with zero attached hydrogens (tertiary/aromatic N) is 3. The molecule has 1 aromatic heterocycles. The molecule has 0 aliphatic rings. The molecule has 0 saturated heterocycles. The van der Waals surface area contributed by atoms with E-state index >= 15 is 0 Å². The molecule has 1 amide bonds. The van der Waals surface area contributed by atoms with Crippen LogP contribution in [0, 0.1) is 11.3 Å². The molecule has 5 nitrogen and oxygen atoms in total. The van der Waals surface area contributed by atoms with Gasteiger partial charge in [-0.3, -0.25) is 4.79 Å². The first-order chi connectivity index (χ1) is 9.28. The maximum Gasteiger partial charge on any atom is 0.225 e. The Labute approximate surface area is 118 Å². The number of nitrogens with one attached hydrogen (secondary N) is 1. The maximum atomic E-state index is 11.7. The van der Waals surface area contributed by atoms with E-state index in [1.807, 2.05) is 6.07 Å². The number of carbonyl (C=O) groups excluding carboxylic acids is 1. The van der Waals surface area contributed by atoms with E-state index in [2.05, 4.69) is 14.7 Å². The van der Waals surface area contributed by atoms with E-state index in [0.29, 0.717) is 23.4 Å². The molecule has 0 spiro atoms. The predicted octanol–water partition coefficient (Wildman–Crippen LogP) is 2.53. The molecule has 1 heterocycles. The van der Waals surface area contributed by atoms with Gasteiger partial charge < -0.3 is 5.32 Å². The van der Waals surface area contributed by atoms with Crippen LogP contribution in [0.4, 0.5) is 5.69 Å². The Morgan fingerprint density at radius 2 is 2.42 bits per heavy atom. The highest BCUT2D eigenvalue weighted by Gasteiger charge is 2.04. The van der Waals surface area contributed by atoms with Crippen molar-refractivity contribution in [3.63, 3.8) is 0 Å². The molecule has 0 fully saturated rings. The van der Waals surface area contributed by atoms with Gasteiger partial charge in [-0.05, 0) is 29.7 Å². The topological polar surface area (TPSA) is 78.7 Å². The van der Waals surface area contributed by atoms with Crippen LogP contribution >= 0.6 is 23.3 Å². The van der Waals surface area contributed by atoms with Crippen molar-refractivity contribution in [2.45, 2.75) is 10.8 Å². The zero-order chi connectivity index (χ0) is 13.5. The van der Waals surface area contributed by atoms with E-state index in [0.717, 1.165) is 4.34 Å². The van der Waals surface area contributed by atoms with E-state index in [-0.39, 0.29) is 5.91 Å². The quantitative estimate of drug-likeness (QED) is 0.856. The Morgan fingerprint density at radius 3 is 3.16 bits per heavy atom. The van der Waals surface area contributed by atoms with Crippen molar-refractivity contribution in [1.82, 2.24) is 9.36 Å². The number of hydrogen-bond donors (Lipinski definition) is 1. The van der Waals surface area contributed by atoms with Gasteiger partial charge >= 0.3 is 0 Å². The summed E-state index contributed by atoms with van der Waals surface area (Å²) in [6, 6.07) is 8.88. The van der Waals surface area contributed by atoms with Gasteiger partial charge in [0.1, 0.15) is 6.33 Å². The van der Waals surface area contributed by atoms with Crippen LogP contribution in [0.1, 0.15) is 12.0 Å². The highest BCUT2D eigenvalue weighted by atomic mass is 32.2. The normalized spacial score (nSPS) is 9.84. The van der Waals surface area contributed by atoms with Crippen LogP contribution in [0.3, 0.4) is 0 Å². The van der Waals surface area contributed by atoms with Crippen molar-refractivity contribution >= 4 is 34.9 Å². The summed E-state index contributed by atoms with van der Waals surface area (Å²) in [7, 11) is 0. The molecule has 0 radical (unpaired) electrons. The van der Waals surface area contributed by atoms with Crippen LogP contribution in [0.25, 0.3) is 0 Å². The number of rotatable bonds is 5. The van der Waals surface area contributed by atoms with Gasteiger partial charge in [0.15, 0.2) is 4.34 Å². The minimum Gasteiger partial charge on any atom is -0.326 e. The van der Waals surface area contributed by atoms with Crippen molar-refractivity contribution in [2.75, 3.05) is 11.1 Å². The smallest absolute Gasteiger partial charge is 0.225 e. The fourth-order valence-electron chi connectivity index (χ4n) is 1.35. The third-order valence-electron chi connectivity index (χ3n) is 2.17. The highest BCUT2D eigenvalue weighted by Crippen LogP contribution is 2.19. The SMILES string of the molecule is N#Cc1cccc(NC(=O)CCSc2ncns2)c1. The van der Waals surface area contributed by atoms with Gasteiger partial charge in [0.2, 0.25) is 5.91 Å². The van der Waals surface area contributed by atoms with Crippen LogP contribution < -0.4 is 5.32 Å². The van der Waals surface area contributed by atoms with Crippen LogP contribution in [0.15, 0.2) is 34.9 Å². The lowest BCUT2D eigenvalue weighted by Crippen LogP contribution is -2.12. The molecule has 0 saturated carbocycles. The van der Waals surface area contributed by atoms with Crippen molar-refractivity contribution in [3.05, 3.63) is 36.2 Å². The second-order valence-corrected chi connectivity index (χ2v) is 5.67. The Kier molecular flexibility index (Phi) is 4.89. The molecule has 0 aliphatic heterocycles. The van der Waals surface area contributed by atoms with Crippen LogP contribution in [-0.2, 0) is 4.79 Å². The summed E-state index contributed by atoms with van der Waals surface area (Å²) < 4.78 is 4.75. The Bertz CT molecular complexity index is 592. The van der Waals surface area contributed by atoms with Gasteiger partial charge in [-0.2, -0.15) is 9.64 Å². The highest BCUT2D eigenvalue weighted by molar-refractivity contribution is 8.00. The monoisotopic (exact) mass is 290 g/mol. The molecule has 0 aliphatic carbocycles. The van der Waals surface area contributed by atoms with Crippen molar-refractivity contribution in [3.8, 4) is 6.07 Å². The second-order valence-electron chi connectivity index (χ2n) is 3.55. The second kappa shape index (κ2) is 6.87. The first kappa shape index (κ1) is 13.5. The first-order valence-corrected chi connectivity index (χ1v) is 7.23. The molecule has 19 heavy (non-hydrogen) atoms. The largest absolute Gasteiger partial charge is 0.326 e. The van der Waals surface area contributed by atoms with Crippen molar-refractivity contribution in [1.29, 1.82) is 5.26 Å². The Hall–Kier alpha value is -1.91. The van der Waals surface area contributed by atoms with Gasteiger partial charge in [0, 0.05) is 17.9 Å². The van der Waals surface area contributed by atoms with E-state index in [1.54, 1.807) is 24.3 Å². The van der Waals surface area contributed by atoms with Crippen LogP contribution in [0.2, 0.25) is 0 Å². The van der Waals surface area contributed by atoms with E-state index in [4.69, 9.17) is 5.26 Å². The van der Waals surface area contributed by atoms with Gasteiger partial charge in [-0.25, -0.2) is 4.98 Å².